The van der Waals surface area contributed by atoms with Crippen molar-refractivity contribution in [2.45, 2.75) is 13.2 Å². The summed E-state index contributed by atoms with van der Waals surface area (Å²) < 4.78 is 12.7. The summed E-state index contributed by atoms with van der Waals surface area (Å²) in [7, 11) is 3.21. The zero-order chi connectivity index (χ0) is 15.0. The van der Waals surface area contributed by atoms with Gasteiger partial charge in [0, 0.05) is 40.0 Å². The van der Waals surface area contributed by atoms with Crippen molar-refractivity contribution in [3.8, 4) is 0 Å². The molecule has 0 bridgehead atoms. The lowest BCUT2D eigenvalue weighted by Gasteiger charge is -2.16. The Balaban J connectivity index is 2.47. The Morgan fingerprint density at radius 2 is 1.76 bits per heavy atom. The van der Waals surface area contributed by atoms with Crippen molar-refractivity contribution in [2.24, 2.45) is 0 Å². The molecule has 2 aromatic carbocycles. The van der Waals surface area contributed by atoms with Crippen LogP contribution >= 0.6 is 11.3 Å². The summed E-state index contributed by atoms with van der Waals surface area (Å²) >= 11 is 1.60. The molecule has 3 aromatic rings. The van der Waals surface area contributed by atoms with Crippen molar-refractivity contribution in [3.63, 3.8) is 0 Å². The van der Waals surface area contributed by atoms with Gasteiger partial charge < -0.3 is 9.47 Å². The van der Waals surface area contributed by atoms with Gasteiger partial charge in [0.15, 0.2) is 11.7 Å². The summed E-state index contributed by atoms with van der Waals surface area (Å²) in [5.74, 6) is 0. The maximum Gasteiger partial charge on any atom is 0.195 e. The third kappa shape index (κ3) is 2.35. The predicted molar refractivity (Wildman–Crippen MR) is 87.1 cm³/mol. The Hall–Kier alpha value is -1.75. The monoisotopic (exact) mass is 300 g/mol. The van der Waals surface area contributed by atoms with Crippen LogP contribution in [0.5, 0.6) is 0 Å². The van der Waals surface area contributed by atoms with E-state index in [1.165, 1.54) is 0 Å². The maximum atomic E-state index is 12.7. The largest absolute Gasteiger partial charge is 0.352 e. The van der Waals surface area contributed by atoms with Gasteiger partial charge in [0.2, 0.25) is 0 Å². The van der Waals surface area contributed by atoms with Gasteiger partial charge in [0.25, 0.3) is 0 Å². The topological polar surface area (TPSA) is 35.5 Å². The predicted octanol–water partition coefficient (Wildman–Crippen LogP) is 4.01. The minimum Gasteiger partial charge on any atom is -0.352 e. The molecule has 1 aromatic heterocycles. The average Bonchev–Trinajstić information content (AvgIpc) is 2.50. The highest BCUT2D eigenvalue weighted by molar-refractivity contribution is 7.24. The number of benzene rings is 2. The van der Waals surface area contributed by atoms with E-state index < -0.39 is 6.29 Å². The summed E-state index contributed by atoms with van der Waals surface area (Å²) in [6, 6.07) is 11.6. The molecule has 0 fully saturated rings. The molecule has 0 saturated carbocycles. The van der Waals surface area contributed by atoms with Crippen molar-refractivity contribution in [2.75, 3.05) is 14.2 Å². The Kier molecular flexibility index (Phi) is 3.76. The summed E-state index contributed by atoms with van der Waals surface area (Å²) in [5, 5.41) is 1.49. The van der Waals surface area contributed by atoms with Crippen molar-refractivity contribution in [1.82, 2.24) is 0 Å². The normalized spacial score (nSPS) is 11.6. The van der Waals surface area contributed by atoms with Gasteiger partial charge in [-0.2, -0.15) is 0 Å². The van der Waals surface area contributed by atoms with E-state index in [1.807, 2.05) is 43.3 Å². The molecular formula is C17H16O3S. The van der Waals surface area contributed by atoms with Crippen molar-refractivity contribution in [3.05, 3.63) is 57.7 Å². The van der Waals surface area contributed by atoms with Crippen LogP contribution in [0.2, 0.25) is 0 Å². The van der Waals surface area contributed by atoms with E-state index in [0.29, 0.717) is 0 Å². The summed E-state index contributed by atoms with van der Waals surface area (Å²) in [6.45, 7) is 1.98. The highest BCUT2D eigenvalue weighted by Gasteiger charge is 2.17. The van der Waals surface area contributed by atoms with Gasteiger partial charge in [0.1, 0.15) is 0 Å². The summed E-state index contributed by atoms with van der Waals surface area (Å²) in [4.78, 5) is 12.7. The van der Waals surface area contributed by atoms with Gasteiger partial charge >= 0.3 is 0 Å². The van der Waals surface area contributed by atoms with Crippen LogP contribution < -0.4 is 5.43 Å². The minimum atomic E-state index is -0.468. The molecule has 0 aliphatic carbocycles. The fraction of sp³-hybridized carbons (Fsp3) is 0.235. The van der Waals surface area contributed by atoms with Gasteiger partial charge in [-0.3, -0.25) is 4.79 Å². The Morgan fingerprint density at radius 1 is 1.05 bits per heavy atom. The molecule has 0 N–H and O–H groups in total. The zero-order valence-electron chi connectivity index (χ0n) is 12.2. The lowest BCUT2D eigenvalue weighted by atomic mass is 10.1. The quantitative estimate of drug-likeness (QED) is 0.541. The second kappa shape index (κ2) is 5.56. The number of methoxy groups -OCH3 is 2. The molecule has 0 unspecified atom stereocenters. The number of fused-ring (bicyclic) bond motifs is 2. The van der Waals surface area contributed by atoms with Crippen molar-refractivity contribution >= 4 is 31.5 Å². The van der Waals surface area contributed by atoms with Crippen LogP contribution in [0, 0.1) is 6.92 Å². The molecule has 4 heteroatoms. The molecule has 0 spiro atoms. The van der Waals surface area contributed by atoms with Gasteiger partial charge in [-0.25, -0.2) is 0 Å². The highest BCUT2D eigenvalue weighted by Crippen LogP contribution is 2.33. The van der Waals surface area contributed by atoms with Crippen molar-refractivity contribution < 1.29 is 9.47 Å². The molecule has 0 aliphatic rings. The van der Waals surface area contributed by atoms with Gasteiger partial charge in [-0.15, -0.1) is 11.3 Å². The first-order chi connectivity index (χ1) is 10.2. The minimum absolute atomic E-state index is 0.0651. The first-order valence-electron chi connectivity index (χ1n) is 6.67. The first-order valence-corrected chi connectivity index (χ1v) is 7.49. The number of aryl methyl sites for hydroxylation is 1. The van der Waals surface area contributed by atoms with Crippen LogP contribution in [0.4, 0.5) is 0 Å². The molecular weight excluding hydrogens is 284 g/mol. The molecule has 0 saturated heterocycles. The van der Waals surface area contributed by atoms with E-state index in [0.717, 1.165) is 31.3 Å². The average molecular weight is 300 g/mol. The molecule has 0 aliphatic heterocycles. The molecule has 0 amide bonds. The standard InChI is InChI=1S/C17H16O3S/c1-10-8-12-15(18)11-6-4-5-7-14(11)21-16(12)13(9-10)17(19-2)20-3/h4-9,17H,1-3H3. The van der Waals surface area contributed by atoms with Gasteiger partial charge in [0.05, 0.1) is 0 Å². The van der Waals surface area contributed by atoms with Crippen LogP contribution in [0.1, 0.15) is 17.4 Å². The zero-order valence-corrected chi connectivity index (χ0v) is 13.0. The van der Waals surface area contributed by atoms with E-state index >= 15 is 0 Å². The third-order valence-electron chi connectivity index (χ3n) is 3.53. The second-order valence-corrected chi connectivity index (χ2v) is 6.01. The Bertz CT molecular complexity index is 863. The van der Waals surface area contributed by atoms with Crippen LogP contribution in [-0.2, 0) is 9.47 Å². The number of rotatable bonds is 3. The molecule has 0 atom stereocenters. The van der Waals surface area contributed by atoms with Crippen LogP contribution in [0.25, 0.3) is 20.2 Å². The van der Waals surface area contributed by atoms with E-state index in [-0.39, 0.29) is 5.43 Å². The second-order valence-electron chi connectivity index (χ2n) is 4.96. The molecule has 0 radical (unpaired) electrons. The Morgan fingerprint density at radius 3 is 2.48 bits per heavy atom. The molecule has 3 rings (SSSR count). The van der Waals surface area contributed by atoms with E-state index in [1.54, 1.807) is 25.6 Å². The van der Waals surface area contributed by atoms with E-state index in [9.17, 15) is 4.79 Å². The third-order valence-corrected chi connectivity index (χ3v) is 4.77. The molecule has 1 heterocycles. The van der Waals surface area contributed by atoms with E-state index in [2.05, 4.69) is 0 Å². The number of hydrogen-bond donors (Lipinski definition) is 0. The van der Waals surface area contributed by atoms with E-state index in [4.69, 9.17) is 9.47 Å². The molecule has 3 nitrogen and oxygen atoms in total. The molecule has 21 heavy (non-hydrogen) atoms. The van der Waals surface area contributed by atoms with Crippen LogP contribution in [0.3, 0.4) is 0 Å². The number of hydrogen-bond acceptors (Lipinski definition) is 4. The van der Waals surface area contributed by atoms with Gasteiger partial charge in [-0.1, -0.05) is 12.1 Å². The Labute approximate surface area is 126 Å². The smallest absolute Gasteiger partial charge is 0.195 e. The fourth-order valence-corrected chi connectivity index (χ4v) is 3.78. The van der Waals surface area contributed by atoms with Gasteiger partial charge in [-0.05, 0) is 36.8 Å². The lowest BCUT2D eigenvalue weighted by molar-refractivity contribution is -0.105. The van der Waals surface area contributed by atoms with Crippen molar-refractivity contribution in [1.29, 1.82) is 0 Å². The summed E-state index contributed by atoms with van der Waals surface area (Å²) in [6.07, 6.45) is -0.468. The van der Waals surface area contributed by atoms with Crippen LogP contribution in [0.15, 0.2) is 41.2 Å². The number of ether oxygens (including phenoxy) is 2. The maximum absolute atomic E-state index is 12.7. The lowest BCUT2D eigenvalue weighted by Crippen LogP contribution is -2.08. The SMILES string of the molecule is COC(OC)c1cc(C)cc2c(=O)c3ccccc3sc12. The highest BCUT2D eigenvalue weighted by atomic mass is 32.1. The fourth-order valence-electron chi connectivity index (χ4n) is 2.61. The molecule has 108 valence electrons. The van der Waals surface area contributed by atoms with Crippen LogP contribution in [-0.4, -0.2) is 14.2 Å². The first kappa shape index (κ1) is 14.2. The summed E-state index contributed by atoms with van der Waals surface area (Å²) in [5.41, 5.74) is 1.99.